The van der Waals surface area contributed by atoms with Crippen molar-refractivity contribution in [2.24, 2.45) is 0 Å². The van der Waals surface area contributed by atoms with Crippen LogP contribution in [0.15, 0.2) is 16.9 Å². The summed E-state index contributed by atoms with van der Waals surface area (Å²) in [5, 5.41) is 20.5. The van der Waals surface area contributed by atoms with E-state index in [1.54, 1.807) is 11.8 Å². The van der Waals surface area contributed by atoms with Gasteiger partial charge in [-0.2, -0.15) is 0 Å². The third-order valence-electron chi connectivity index (χ3n) is 2.43. The Balaban J connectivity index is 2.37. The Morgan fingerprint density at radius 1 is 1.62 bits per heavy atom. The number of anilines is 1. The molecular weight excluding hydrogens is 278 g/mol. The number of nitro groups is 1. The van der Waals surface area contributed by atoms with E-state index in [2.05, 4.69) is 20.9 Å². The first-order valence-electron chi connectivity index (χ1n) is 4.66. The van der Waals surface area contributed by atoms with Crippen LogP contribution in [-0.4, -0.2) is 33.7 Å². The molecule has 0 aromatic carbocycles. The molecule has 2 heterocycles. The van der Waals surface area contributed by atoms with Crippen molar-refractivity contribution in [3.63, 3.8) is 0 Å². The highest BCUT2D eigenvalue weighted by Gasteiger charge is 2.40. The molecular formula is C9H10BrN3O3. The summed E-state index contributed by atoms with van der Waals surface area (Å²) in [6.07, 6.45) is 2.72. The predicted molar refractivity (Wildman–Crippen MR) is 61.4 cm³/mol. The monoisotopic (exact) mass is 287 g/mol. The molecule has 0 atom stereocenters. The van der Waals surface area contributed by atoms with E-state index < -0.39 is 10.5 Å². The molecule has 1 aromatic rings. The molecule has 1 N–H and O–H groups in total. The Hall–Kier alpha value is -1.21. The fourth-order valence-electron chi connectivity index (χ4n) is 1.80. The summed E-state index contributed by atoms with van der Waals surface area (Å²) in [4.78, 5) is 15.9. The molecule has 0 aliphatic carbocycles. The van der Waals surface area contributed by atoms with Crippen LogP contribution in [0.5, 0.6) is 0 Å². The number of halogens is 1. The van der Waals surface area contributed by atoms with Crippen molar-refractivity contribution >= 4 is 27.3 Å². The summed E-state index contributed by atoms with van der Waals surface area (Å²) < 4.78 is 0.567. The van der Waals surface area contributed by atoms with Crippen molar-refractivity contribution in [2.45, 2.75) is 12.5 Å². The molecule has 1 fully saturated rings. The zero-order valence-corrected chi connectivity index (χ0v) is 10.1. The van der Waals surface area contributed by atoms with Gasteiger partial charge in [-0.15, -0.1) is 0 Å². The molecule has 0 saturated carbocycles. The highest BCUT2D eigenvalue weighted by Crippen LogP contribution is 2.39. The third-order valence-corrected chi connectivity index (χ3v) is 3.01. The first-order chi connectivity index (χ1) is 7.41. The summed E-state index contributed by atoms with van der Waals surface area (Å²) in [6, 6.07) is 0. The SMILES string of the molecule is CC1(O)CN(c2c(Br)cncc2[N+](=O)[O-])C1. The van der Waals surface area contributed by atoms with Crippen LogP contribution in [0.25, 0.3) is 0 Å². The summed E-state index contributed by atoms with van der Waals surface area (Å²) in [5.41, 5.74) is -0.340. The molecule has 0 unspecified atom stereocenters. The normalized spacial score (nSPS) is 18.1. The molecule has 2 rings (SSSR count). The smallest absolute Gasteiger partial charge is 0.311 e. The van der Waals surface area contributed by atoms with Gasteiger partial charge in [-0.05, 0) is 22.9 Å². The van der Waals surface area contributed by atoms with Crippen LogP contribution >= 0.6 is 15.9 Å². The minimum atomic E-state index is -0.767. The third kappa shape index (κ3) is 1.88. The van der Waals surface area contributed by atoms with E-state index in [4.69, 9.17) is 0 Å². The molecule has 6 nitrogen and oxygen atoms in total. The highest BCUT2D eigenvalue weighted by molar-refractivity contribution is 9.10. The molecule has 16 heavy (non-hydrogen) atoms. The van der Waals surface area contributed by atoms with Crippen LogP contribution in [-0.2, 0) is 0 Å². The molecule has 0 amide bonds. The van der Waals surface area contributed by atoms with Gasteiger partial charge >= 0.3 is 5.69 Å². The molecule has 86 valence electrons. The van der Waals surface area contributed by atoms with Gasteiger partial charge < -0.3 is 10.0 Å². The average Bonchev–Trinajstić information content (AvgIpc) is 2.13. The minimum Gasteiger partial charge on any atom is -0.386 e. The van der Waals surface area contributed by atoms with Gasteiger partial charge in [0.1, 0.15) is 11.9 Å². The quantitative estimate of drug-likeness (QED) is 0.656. The summed E-state index contributed by atoms with van der Waals surface area (Å²) in [7, 11) is 0. The molecule has 1 saturated heterocycles. The molecule has 0 bridgehead atoms. The Bertz CT molecular complexity index is 442. The van der Waals surface area contributed by atoms with Crippen LogP contribution in [0, 0.1) is 10.1 Å². The Morgan fingerprint density at radius 2 is 2.25 bits per heavy atom. The maximum Gasteiger partial charge on any atom is 0.311 e. The Morgan fingerprint density at radius 3 is 2.75 bits per heavy atom. The van der Waals surface area contributed by atoms with Gasteiger partial charge in [0, 0.05) is 19.3 Å². The van der Waals surface area contributed by atoms with Gasteiger partial charge in [-0.3, -0.25) is 15.1 Å². The van der Waals surface area contributed by atoms with Crippen molar-refractivity contribution < 1.29 is 10.0 Å². The van der Waals surface area contributed by atoms with Crippen LogP contribution in [0.3, 0.4) is 0 Å². The number of rotatable bonds is 2. The van der Waals surface area contributed by atoms with E-state index in [1.807, 2.05) is 0 Å². The zero-order valence-electron chi connectivity index (χ0n) is 8.55. The highest BCUT2D eigenvalue weighted by atomic mass is 79.9. The van der Waals surface area contributed by atoms with Crippen LogP contribution in [0.1, 0.15) is 6.92 Å². The number of nitrogens with zero attached hydrogens (tertiary/aromatic N) is 3. The summed E-state index contributed by atoms with van der Waals surface area (Å²) in [6.45, 7) is 2.47. The molecule has 0 spiro atoms. The zero-order chi connectivity index (χ0) is 11.9. The first kappa shape index (κ1) is 11.3. The lowest BCUT2D eigenvalue weighted by Crippen LogP contribution is -2.60. The maximum atomic E-state index is 10.8. The molecule has 0 radical (unpaired) electrons. The fraction of sp³-hybridized carbons (Fsp3) is 0.444. The maximum absolute atomic E-state index is 10.8. The second-order valence-corrected chi connectivity index (χ2v) is 4.95. The number of hydrogen-bond donors (Lipinski definition) is 1. The number of pyridine rings is 1. The lowest BCUT2D eigenvalue weighted by Gasteiger charge is -2.45. The average molecular weight is 288 g/mol. The van der Waals surface area contributed by atoms with Gasteiger partial charge in [0.2, 0.25) is 0 Å². The van der Waals surface area contributed by atoms with E-state index in [0.29, 0.717) is 23.2 Å². The Labute approximate surface area is 100 Å². The molecule has 1 aromatic heterocycles. The summed E-state index contributed by atoms with van der Waals surface area (Å²) >= 11 is 3.24. The topological polar surface area (TPSA) is 79.5 Å². The van der Waals surface area contributed by atoms with Gasteiger partial charge in [-0.25, -0.2) is 0 Å². The van der Waals surface area contributed by atoms with Gasteiger partial charge in [-0.1, -0.05) is 0 Å². The van der Waals surface area contributed by atoms with Crippen molar-refractivity contribution in [2.75, 3.05) is 18.0 Å². The lowest BCUT2D eigenvalue weighted by atomic mass is 9.96. The van der Waals surface area contributed by atoms with Crippen molar-refractivity contribution in [1.29, 1.82) is 0 Å². The first-order valence-corrected chi connectivity index (χ1v) is 5.45. The summed E-state index contributed by atoms with van der Waals surface area (Å²) in [5.74, 6) is 0. The number of aliphatic hydroxyl groups is 1. The predicted octanol–water partition coefficient (Wildman–Crippen LogP) is 1.32. The van der Waals surface area contributed by atoms with Crippen LogP contribution < -0.4 is 4.90 Å². The van der Waals surface area contributed by atoms with Gasteiger partial charge in [0.25, 0.3) is 0 Å². The van der Waals surface area contributed by atoms with Crippen LogP contribution in [0.4, 0.5) is 11.4 Å². The Kier molecular flexibility index (Phi) is 2.59. The van der Waals surface area contributed by atoms with Gasteiger partial charge in [0.05, 0.1) is 15.0 Å². The van der Waals surface area contributed by atoms with Crippen molar-refractivity contribution in [1.82, 2.24) is 4.98 Å². The van der Waals surface area contributed by atoms with E-state index in [1.165, 1.54) is 12.4 Å². The fourth-order valence-corrected chi connectivity index (χ4v) is 2.37. The largest absolute Gasteiger partial charge is 0.386 e. The van der Waals surface area contributed by atoms with Crippen molar-refractivity contribution in [3.8, 4) is 0 Å². The lowest BCUT2D eigenvalue weighted by molar-refractivity contribution is -0.384. The van der Waals surface area contributed by atoms with Crippen molar-refractivity contribution in [3.05, 3.63) is 27.0 Å². The second-order valence-electron chi connectivity index (χ2n) is 4.10. The van der Waals surface area contributed by atoms with E-state index in [9.17, 15) is 15.2 Å². The minimum absolute atomic E-state index is 0.0510. The standard InChI is InChI=1S/C9H10BrN3O3/c1-9(14)4-12(5-9)8-6(10)2-11-3-7(8)13(15)16/h2-3,14H,4-5H2,1H3. The van der Waals surface area contributed by atoms with Gasteiger partial charge in [0.15, 0.2) is 0 Å². The van der Waals surface area contributed by atoms with E-state index in [0.717, 1.165) is 0 Å². The van der Waals surface area contributed by atoms with E-state index >= 15 is 0 Å². The van der Waals surface area contributed by atoms with Crippen LogP contribution in [0.2, 0.25) is 0 Å². The second kappa shape index (κ2) is 3.67. The molecule has 1 aliphatic heterocycles. The molecule has 7 heteroatoms. The van der Waals surface area contributed by atoms with E-state index in [-0.39, 0.29) is 5.69 Å². The number of hydrogen-bond acceptors (Lipinski definition) is 5. The molecule has 1 aliphatic rings. The number of aromatic nitrogens is 1. The number of β-amino-alcohol motifs (C(OH)–C–C–N with tert-alkyl or cyclic N) is 1.